The van der Waals surface area contributed by atoms with Crippen molar-refractivity contribution in [1.29, 1.82) is 0 Å². The van der Waals surface area contributed by atoms with E-state index in [1.54, 1.807) is 6.92 Å². The first-order chi connectivity index (χ1) is 6.88. The van der Waals surface area contributed by atoms with Crippen molar-refractivity contribution < 1.29 is 22.3 Å². The van der Waals surface area contributed by atoms with Crippen LogP contribution in [-0.2, 0) is 0 Å². The summed E-state index contributed by atoms with van der Waals surface area (Å²) in [6.07, 6.45) is -5.24. The first kappa shape index (κ1) is 11.8. The minimum atomic E-state index is -4.23. The maximum absolute atomic E-state index is 12.6. The first-order valence-electron chi connectivity index (χ1n) is 4.34. The molecule has 0 fully saturated rings. The Morgan fingerprint density at radius 3 is 2.47 bits per heavy atom. The van der Waals surface area contributed by atoms with Crippen molar-refractivity contribution in [2.45, 2.75) is 19.5 Å². The average Bonchev–Trinajstić information content (AvgIpc) is 2.07. The van der Waals surface area contributed by atoms with Crippen LogP contribution in [0.2, 0.25) is 0 Å². The maximum atomic E-state index is 12.6. The lowest BCUT2D eigenvalue weighted by atomic mass is 10.2. The zero-order chi connectivity index (χ0) is 11.5. The summed E-state index contributed by atoms with van der Waals surface area (Å²) in [5.41, 5.74) is 0.483. The number of benzene rings is 1. The second-order valence-electron chi connectivity index (χ2n) is 3.12. The van der Waals surface area contributed by atoms with Crippen LogP contribution in [-0.4, -0.2) is 12.8 Å². The van der Waals surface area contributed by atoms with Gasteiger partial charge >= 0.3 is 6.18 Å². The van der Waals surface area contributed by atoms with Crippen molar-refractivity contribution >= 4 is 0 Å². The molecule has 84 valence electrons. The molecule has 5 heteroatoms. The van der Waals surface area contributed by atoms with E-state index in [4.69, 9.17) is 4.74 Å². The molecule has 1 rings (SSSR count). The molecule has 0 aliphatic carbocycles. The Balaban J connectivity index is 2.51. The number of hydrogen-bond donors (Lipinski definition) is 0. The smallest absolute Gasteiger partial charge is 0.392 e. The topological polar surface area (TPSA) is 9.23 Å². The molecular formula is C10H10F4O. The standard InChI is InChI=1S/C10H10F4O/c1-7-6-8(11)2-3-9(7)15-5-4-10(12,13)14/h2-3,6H,4-5H2,1H3. The van der Waals surface area contributed by atoms with E-state index in [1.807, 2.05) is 0 Å². The van der Waals surface area contributed by atoms with Crippen LogP contribution in [0.1, 0.15) is 12.0 Å². The molecule has 0 aliphatic heterocycles. The largest absolute Gasteiger partial charge is 0.493 e. The third kappa shape index (κ3) is 4.18. The molecule has 0 aromatic heterocycles. The molecule has 0 saturated heterocycles. The van der Waals surface area contributed by atoms with Crippen LogP contribution in [0.25, 0.3) is 0 Å². The van der Waals surface area contributed by atoms with Gasteiger partial charge in [-0.25, -0.2) is 4.39 Å². The van der Waals surface area contributed by atoms with Gasteiger partial charge in [0, 0.05) is 0 Å². The Morgan fingerprint density at radius 1 is 1.27 bits per heavy atom. The molecule has 0 N–H and O–H groups in total. The van der Waals surface area contributed by atoms with E-state index in [0.29, 0.717) is 5.56 Å². The Morgan fingerprint density at radius 2 is 1.93 bits per heavy atom. The van der Waals surface area contributed by atoms with E-state index in [9.17, 15) is 17.6 Å². The molecule has 1 aromatic carbocycles. The Bertz CT molecular complexity index is 333. The molecule has 0 heterocycles. The minimum absolute atomic E-state index is 0.278. The highest BCUT2D eigenvalue weighted by molar-refractivity contribution is 5.32. The lowest BCUT2D eigenvalue weighted by molar-refractivity contribution is -0.139. The van der Waals surface area contributed by atoms with Crippen LogP contribution < -0.4 is 4.74 Å². The lowest BCUT2D eigenvalue weighted by Crippen LogP contribution is -2.13. The van der Waals surface area contributed by atoms with Crippen LogP contribution >= 0.6 is 0 Å². The summed E-state index contributed by atoms with van der Waals surface area (Å²) >= 11 is 0. The van der Waals surface area contributed by atoms with Crippen molar-refractivity contribution in [2.75, 3.05) is 6.61 Å². The fourth-order valence-corrected chi connectivity index (χ4v) is 1.05. The molecule has 1 aromatic rings. The first-order valence-corrected chi connectivity index (χ1v) is 4.34. The summed E-state index contributed by atoms with van der Waals surface area (Å²) in [4.78, 5) is 0. The fraction of sp³-hybridized carbons (Fsp3) is 0.400. The van der Waals surface area contributed by atoms with Gasteiger partial charge in [-0.1, -0.05) is 0 Å². The van der Waals surface area contributed by atoms with Crippen LogP contribution in [0.15, 0.2) is 18.2 Å². The predicted octanol–water partition coefficient (Wildman–Crippen LogP) is 3.47. The zero-order valence-electron chi connectivity index (χ0n) is 8.07. The number of aryl methyl sites for hydroxylation is 1. The number of ether oxygens (including phenoxy) is 1. The summed E-state index contributed by atoms with van der Waals surface area (Å²) in [6.45, 7) is 1.13. The zero-order valence-corrected chi connectivity index (χ0v) is 8.07. The Kier molecular flexibility index (Phi) is 3.55. The summed E-state index contributed by atoms with van der Waals surface area (Å²) < 4.78 is 52.9. The monoisotopic (exact) mass is 222 g/mol. The molecule has 0 aliphatic rings. The molecule has 0 amide bonds. The van der Waals surface area contributed by atoms with E-state index in [2.05, 4.69) is 0 Å². The molecule has 0 unspecified atom stereocenters. The van der Waals surface area contributed by atoms with Gasteiger partial charge in [0.25, 0.3) is 0 Å². The summed E-state index contributed by atoms with van der Waals surface area (Å²) in [6, 6.07) is 3.68. The van der Waals surface area contributed by atoms with E-state index in [1.165, 1.54) is 12.1 Å². The van der Waals surface area contributed by atoms with Gasteiger partial charge in [0.2, 0.25) is 0 Å². The highest BCUT2D eigenvalue weighted by atomic mass is 19.4. The van der Waals surface area contributed by atoms with Gasteiger partial charge in [-0.2, -0.15) is 13.2 Å². The maximum Gasteiger partial charge on any atom is 0.392 e. The highest BCUT2D eigenvalue weighted by Crippen LogP contribution is 2.22. The molecule has 0 radical (unpaired) electrons. The van der Waals surface area contributed by atoms with Crippen molar-refractivity contribution in [3.8, 4) is 5.75 Å². The summed E-state index contributed by atoms with van der Waals surface area (Å²) in [7, 11) is 0. The van der Waals surface area contributed by atoms with Crippen LogP contribution in [0.3, 0.4) is 0 Å². The van der Waals surface area contributed by atoms with E-state index in [-0.39, 0.29) is 5.75 Å². The van der Waals surface area contributed by atoms with Gasteiger partial charge in [0.1, 0.15) is 11.6 Å². The second-order valence-corrected chi connectivity index (χ2v) is 3.12. The Labute approximate surface area is 84.7 Å². The van der Waals surface area contributed by atoms with Crippen molar-refractivity contribution in [3.05, 3.63) is 29.6 Å². The predicted molar refractivity (Wildman–Crippen MR) is 47.3 cm³/mol. The quantitative estimate of drug-likeness (QED) is 0.711. The van der Waals surface area contributed by atoms with Gasteiger partial charge in [-0.05, 0) is 30.7 Å². The van der Waals surface area contributed by atoms with E-state index >= 15 is 0 Å². The van der Waals surface area contributed by atoms with Gasteiger partial charge in [-0.3, -0.25) is 0 Å². The Hall–Kier alpha value is -1.26. The minimum Gasteiger partial charge on any atom is -0.493 e. The SMILES string of the molecule is Cc1cc(F)ccc1OCCC(F)(F)F. The lowest BCUT2D eigenvalue weighted by Gasteiger charge is -2.10. The third-order valence-corrected chi connectivity index (χ3v) is 1.78. The highest BCUT2D eigenvalue weighted by Gasteiger charge is 2.26. The van der Waals surface area contributed by atoms with E-state index < -0.39 is 25.0 Å². The van der Waals surface area contributed by atoms with Crippen molar-refractivity contribution in [2.24, 2.45) is 0 Å². The number of rotatable bonds is 3. The van der Waals surface area contributed by atoms with Gasteiger partial charge in [0.15, 0.2) is 0 Å². The summed E-state index contributed by atoms with van der Waals surface area (Å²) in [5.74, 6) is -0.156. The molecule has 0 atom stereocenters. The molecule has 1 nitrogen and oxygen atoms in total. The van der Waals surface area contributed by atoms with Crippen molar-refractivity contribution in [3.63, 3.8) is 0 Å². The molecule has 0 bridgehead atoms. The van der Waals surface area contributed by atoms with Crippen LogP contribution in [0.4, 0.5) is 17.6 Å². The summed E-state index contributed by atoms with van der Waals surface area (Å²) in [5, 5.41) is 0. The normalized spacial score (nSPS) is 11.5. The third-order valence-electron chi connectivity index (χ3n) is 1.78. The second kappa shape index (κ2) is 4.51. The molecule has 0 saturated carbocycles. The van der Waals surface area contributed by atoms with Crippen LogP contribution in [0.5, 0.6) is 5.75 Å². The molecule has 15 heavy (non-hydrogen) atoms. The molecular weight excluding hydrogens is 212 g/mol. The van der Waals surface area contributed by atoms with Crippen LogP contribution in [0, 0.1) is 12.7 Å². The number of hydrogen-bond acceptors (Lipinski definition) is 1. The number of alkyl halides is 3. The fourth-order valence-electron chi connectivity index (χ4n) is 1.05. The van der Waals surface area contributed by atoms with Gasteiger partial charge in [0.05, 0.1) is 13.0 Å². The number of halogens is 4. The van der Waals surface area contributed by atoms with Gasteiger partial charge < -0.3 is 4.74 Å². The van der Waals surface area contributed by atoms with E-state index in [0.717, 1.165) is 6.07 Å². The average molecular weight is 222 g/mol. The van der Waals surface area contributed by atoms with Crippen molar-refractivity contribution in [1.82, 2.24) is 0 Å². The van der Waals surface area contributed by atoms with Gasteiger partial charge in [-0.15, -0.1) is 0 Å². The molecule has 0 spiro atoms.